The Morgan fingerprint density at radius 2 is 1.65 bits per heavy atom. The summed E-state index contributed by atoms with van der Waals surface area (Å²) in [6.07, 6.45) is 10.3. The molecule has 12 atom stereocenters. The molecule has 7 fully saturated rings. The van der Waals surface area contributed by atoms with Crippen LogP contribution in [0.5, 0.6) is 0 Å². The molecule has 5 aliphatic carbocycles. The molecule has 1 N–H and O–H groups in total. The summed E-state index contributed by atoms with van der Waals surface area (Å²) in [7, 11) is 0. The highest BCUT2D eigenvalue weighted by Crippen LogP contribution is 2.87. The zero-order valence-electron chi connectivity index (χ0n) is 31.1. The molecule has 7 rings (SSSR count). The summed E-state index contributed by atoms with van der Waals surface area (Å²) in [6.45, 7) is 19.4. The van der Waals surface area contributed by atoms with E-state index in [1.807, 2.05) is 20.8 Å². The van der Waals surface area contributed by atoms with Crippen LogP contribution < -0.4 is 0 Å². The van der Waals surface area contributed by atoms with E-state index >= 15 is 0 Å². The quantitative estimate of drug-likeness (QED) is 0.316. The number of hydrogen-bond donors (Lipinski definition) is 1. The first-order chi connectivity index (χ1) is 22.3. The number of rotatable bonds is 5. The van der Waals surface area contributed by atoms with Crippen molar-refractivity contribution in [2.45, 2.75) is 168 Å². The summed E-state index contributed by atoms with van der Waals surface area (Å²) in [5.74, 6) is 2.17. The van der Waals surface area contributed by atoms with Gasteiger partial charge < -0.3 is 33.7 Å². The molecule has 0 aromatic carbocycles. The number of esters is 1. The maximum absolute atomic E-state index is 12.8. The predicted octanol–water partition coefficient (Wildman–Crippen LogP) is 6.87. The fraction of sp³-hybridized carbons (Fsp3) is 0.949. The number of carbonyl (C=O) groups excluding carboxylic acids is 2. The molecule has 0 radical (unpaired) electrons. The molecule has 7 unspecified atom stereocenters. The van der Waals surface area contributed by atoms with Gasteiger partial charge in [0, 0.05) is 13.5 Å². The monoisotopic (exact) mass is 673 g/mol. The summed E-state index contributed by atoms with van der Waals surface area (Å²) in [5.41, 5.74) is -0.558. The third kappa shape index (κ3) is 5.54. The standard InChI is InChI=1S/C39H63NO8/c1-23(41)45-32(36(7,8)43)27-12-10-25-28(46-27)20-26-24-11-13-29-35(5,6)30(14-15-39(29)22-38(24,39)17-16-37(25,26)9)47-31-21-40(18-19-44-31)33(42)48-34(2,3)4/h24-32,43H,10-22H2,1-9H3/t24?,25?,26?,27?,28?,29?,30-,31?,32-,37+,38-,39+/m0/s1. The van der Waals surface area contributed by atoms with Gasteiger partial charge in [-0.1, -0.05) is 20.8 Å². The van der Waals surface area contributed by atoms with Gasteiger partial charge in [-0.3, -0.25) is 4.79 Å². The molecular weight excluding hydrogens is 610 g/mol. The minimum atomic E-state index is -1.16. The second-order valence-electron chi connectivity index (χ2n) is 19.4. The van der Waals surface area contributed by atoms with Crippen LogP contribution in [0, 0.1) is 45.3 Å². The molecule has 9 nitrogen and oxygen atoms in total. The summed E-state index contributed by atoms with van der Waals surface area (Å²) in [4.78, 5) is 26.5. The number of amides is 1. The van der Waals surface area contributed by atoms with Crippen molar-refractivity contribution in [3.8, 4) is 0 Å². The van der Waals surface area contributed by atoms with Crippen molar-refractivity contribution in [3.63, 3.8) is 0 Å². The zero-order valence-corrected chi connectivity index (χ0v) is 31.1. The average Bonchev–Trinajstić information content (AvgIpc) is 3.56. The summed E-state index contributed by atoms with van der Waals surface area (Å²) >= 11 is 0. The van der Waals surface area contributed by atoms with E-state index in [0.717, 1.165) is 31.6 Å². The second-order valence-corrected chi connectivity index (χ2v) is 19.4. The first-order valence-electron chi connectivity index (χ1n) is 19.1. The minimum absolute atomic E-state index is 0.0217. The fourth-order valence-electron chi connectivity index (χ4n) is 12.9. The molecule has 2 spiro atoms. The lowest BCUT2D eigenvalue weighted by Crippen LogP contribution is -2.56. The van der Waals surface area contributed by atoms with E-state index in [2.05, 4.69) is 20.8 Å². The average molecular weight is 674 g/mol. The smallest absolute Gasteiger partial charge is 0.410 e. The summed E-state index contributed by atoms with van der Waals surface area (Å²) < 4.78 is 31.0. The van der Waals surface area contributed by atoms with Crippen molar-refractivity contribution in [2.24, 2.45) is 45.3 Å². The van der Waals surface area contributed by atoms with E-state index in [-0.39, 0.29) is 41.2 Å². The number of fused-ring (bicyclic) bond motifs is 4. The molecule has 5 saturated carbocycles. The van der Waals surface area contributed by atoms with Gasteiger partial charge in [0.1, 0.15) is 5.60 Å². The molecule has 48 heavy (non-hydrogen) atoms. The Bertz CT molecular complexity index is 1270. The van der Waals surface area contributed by atoms with Crippen LogP contribution in [0.15, 0.2) is 0 Å². The maximum Gasteiger partial charge on any atom is 0.410 e. The highest BCUT2D eigenvalue weighted by Gasteiger charge is 2.80. The normalized spacial score (nSPS) is 45.4. The topological polar surface area (TPSA) is 104 Å². The molecule has 9 heteroatoms. The van der Waals surface area contributed by atoms with Crippen LogP contribution in [0.2, 0.25) is 0 Å². The van der Waals surface area contributed by atoms with Crippen LogP contribution >= 0.6 is 0 Å². The van der Waals surface area contributed by atoms with Crippen LogP contribution in [0.3, 0.4) is 0 Å². The van der Waals surface area contributed by atoms with Crippen molar-refractivity contribution >= 4 is 12.1 Å². The highest BCUT2D eigenvalue weighted by molar-refractivity contribution is 5.68. The SMILES string of the molecule is CC(=O)O[C@@H](C1CCC2C(CC3C4CCC5C(C)(C)[C@@H](OC6CN(C(=O)OC(C)(C)C)CCO6)CC[C@@]56C[C@@]46CC[C@]23C)O1)C(C)(C)O. The van der Waals surface area contributed by atoms with Gasteiger partial charge in [-0.2, -0.15) is 0 Å². The van der Waals surface area contributed by atoms with Crippen molar-refractivity contribution < 1.29 is 38.4 Å². The zero-order chi connectivity index (χ0) is 34.7. The molecule has 2 heterocycles. The van der Waals surface area contributed by atoms with Crippen LogP contribution in [-0.4, -0.2) is 83.7 Å². The maximum atomic E-state index is 12.8. The fourth-order valence-corrected chi connectivity index (χ4v) is 12.9. The molecule has 0 aromatic heterocycles. The third-order valence-electron chi connectivity index (χ3n) is 14.9. The van der Waals surface area contributed by atoms with E-state index in [4.69, 9.17) is 23.7 Å². The predicted molar refractivity (Wildman–Crippen MR) is 180 cm³/mol. The van der Waals surface area contributed by atoms with Crippen molar-refractivity contribution in [2.75, 3.05) is 19.7 Å². The molecule has 0 bridgehead atoms. The number of aliphatic hydroxyl groups is 1. The molecule has 7 aliphatic rings. The Labute approximate surface area is 288 Å². The van der Waals surface area contributed by atoms with Crippen LogP contribution in [0.4, 0.5) is 4.79 Å². The Hall–Kier alpha value is -1.42. The number of morpholine rings is 1. The number of nitrogens with zero attached hydrogens (tertiary/aromatic N) is 1. The van der Waals surface area contributed by atoms with Gasteiger partial charge in [0.15, 0.2) is 12.4 Å². The molecule has 2 aliphatic heterocycles. The van der Waals surface area contributed by atoms with Gasteiger partial charge >= 0.3 is 12.1 Å². The van der Waals surface area contributed by atoms with E-state index in [9.17, 15) is 14.7 Å². The van der Waals surface area contributed by atoms with Gasteiger partial charge in [-0.15, -0.1) is 0 Å². The van der Waals surface area contributed by atoms with Gasteiger partial charge in [0.25, 0.3) is 0 Å². The van der Waals surface area contributed by atoms with Crippen LogP contribution in [0.1, 0.15) is 127 Å². The van der Waals surface area contributed by atoms with Gasteiger partial charge in [-0.05, 0) is 144 Å². The van der Waals surface area contributed by atoms with Crippen molar-refractivity contribution in [3.05, 3.63) is 0 Å². The van der Waals surface area contributed by atoms with Gasteiger partial charge in [0.2, 0.25) is 0 Å². The first kappa shape index (κ1) is 35.0. The Balaban J connectivity index is 1.03. The molecule has 1 amide bonds. The van der Waals surface area contributed by atoms with E-state index in [1.54, 1.807) is 18.7 Å². The summed E-state index contributed by atoms with van der Waals surface area (Å²) in [6, 6.07) is 0. The molecule has 0 aromatic rings. The van der Waals surface area contributed by atoms with Crippen LogP contribution in [0.25, 0.3) is 0 Å². The number of carbonyl (C=O) groups is 2. The molecule has 272 valence electrons. The van der Waals surface area contributed by atoms with Crippen LogP contribution in [-0.2, 0) is 28.5 Å². The van der Waals surface area contributed by atoms with Crippen molar-refractivity contribution in [1.82, 2.24) is 4.90 Å². The third-order valence-corrected chi connectivity index (χ3v) is 14.9. The van der Waals surface area contributed by atoms with E-state index in [1.165, 1.54) is 45.4 Å². The largest absolute Gasteiger partial charge is 0.457 e. The number of ether oxygens (including phenoxy) is 5. The van der Waals surface area contributed by atoms with E-state index < -0.39 is 23.6 Å². The van der Waals surface area contributed by atoms with Gasteiger partial charge in [-0.25, -0.2) is 4.79 Å². The Kier molecular flexibility index (Phi) is 8.42. The lowest BCUT2D eigenvalue weighted by Gasteiger charge is -2.60. The second kappa shape index (κ2) is 11.5. The lowest BCUT2D eigenvalue weighted by atomic mass is 9.46. The van der Waals surface area contributed by atoms with E-state index in [0.29, 0.717) is 48.3 Å². The Morgan fingerprint density at radius 1 is 0.917 bits per heavy atom. The van der Waals surface area contributed by atoms with Gasteiger partial charge in [0.05, 0.1) is 37.1 Å². The summed E-state index contributed by atoms with van der Waals surface area (Å²) in [5, 5.41) is 10.9. The highest BCUT2D eigenvalue weighted by atomic mass is 16.7. The first-order valence-corrected chi connectivity index (χ1v) is 19.1. The minimum Gasteiger partial charge on any atom is -0.457 e. The molecular formula is C39H63NO8. The van der Waals surface area contributed by atoms with Crippen molar-refractivity contribution in [1.29, 1.82) is 0 Å². The molecule has 2 saturated heterocycles. The Morgan fingerprint density at radius 3 is 2.33 bits per heavy atom. The number of hydrogen-bond acceptors (Lipinski definition) is 8. The lowest BCUT2D eigenvalue weighted by molar-refractivity contribution is -0.243.